The molecule has 5 heteroatoms. The van der Waals surface area contributed by atoms with Gasteiger partial charge in [0.05, 0.1) is 6.10 Å². The number of nitrogens with two attached hydrogens (primary N) is 1. The van der Waals surface area contributed by atoms with E-state index in [9.17, 15) is 13.9 Å². The van der Waals surface area contributed by atoms with Crippen molar-refractivity contribution in [2.45, 2.75) is 38.5 Å². The lowest BCUT2D eigenvalue weighted by atomic mass is 10.0. The molecule has 2 aromatic rings. The zero-order valence-corrected chi connectivity index (χ0v) is 13.8. The lowest BCUT2D eigenvalue weighted by molar-refractivity contribution is 0.141. The van der Waals surface area contributed by atoms with Gasteiger partial charge in [-0.1, -0.05) is 31.2 Å². The largest absolute Gasteiger partial charge is 0.390 e. The van der Waals surface area contributed by atoms with Gasteiger partial charge in [-0.2, -0.15) is 0 Å². The molecule has 0 aliphatic rings. The van der Waals surface area contributed by atoms with Crippen LogP contribution in [0.4, 0.5) is 8.78 Å². The maximum atomic E-state index is 13.2. The second-order valence-electron chi connectivity index (χ2n) is 6.02. The summed E-state index contributed by atoms with van der Waals surface area (Å²) in [5, 5.41) is 13.3. The summed E-state index contributed by atoms with van der Waals surface area (Å²) in [6.45, 7) is 3.05. The summed E-state index contributed by atoms with van der Waals surface area (Å²) in [4.78, 5) is 0. The average Bonchev–Trinajstić information content (AvgIpc) is 2.54. The summed E-state index contributed by atoms with van der Waals surface area (Å²) < 4.78 is 26.4. The highest BCUT2D eigenvalue weighted by molar-refractivity contribution is 5.23. The molecule has 0 radical (unpaired) electrons. The maximum absolute atomic E-state index is 13.2. The van der Waals surface area contributed by atoms with Crippen LogP contribution in [0.3, 0.4) is 0 Å². The third kappa shape index (κ3) is 5.67. The first-order valence-corrected chi connectivity index (χ1v) is 8.15. The predicted molar refractivity (Wildman–Crippen MR) is 91.6 cm³/mol. The Morgan fingerprint density at radius 3 is 2.38 bits per heavy atom. The summed E-state index contributed by atoms with van der Waals surface area (Å²) >= 11 is 0. The lowest BCUT2D eigenvalue weighted by Crippen LogP contribution is -2.43. The van der Waals surface area contributed by atoms with Crippen LogP contribution in [0, 0.1) is 11.6 Å². The van der Waals surface area contributed by atoms with Crippen molar-refractivity contribution >= 4 is 0 Å². The summed E-state index contributed by atoms with van der Waals surface area (Å²) in [6, 6.07) is 10.9. The van der Waals surface area contributed by atoms with Crippen molar-refractivity contribution in [3.8, 4) is 0 Å². The van der Waals surface area contributed by atoms with E-state index in [1.54, 1.807) is 0 Å². The van der Waals surface area contributed by atoms with Gasteiger partial charge < -0.3 is 16.2 Å². The van der Waals surface area contributed by atoms with Crippen molar-refractivity contribution in [1.29, 1.82) is 0 Å². The third-order valence-electron chi connectivity index (χ3n) is 3.97. The van der Waals surface area contributed by atoms with E-state index in [0.29, 0.717) is 18.7 Å². The molecule has 24 heavy (non-hydrogen) atoms. The van der Waals surface area contributed by atoms with E-state index in [-0.39, 0.29) is 6.42 Å². The van der Waals surface area contributed by atoms with Gasteiger partial charge in [0, 0.05) is 25.2 Å². The molecular formula is C19H24F2N2O. The number of aliphatic hydroxyl groups excluding tert-OH is 1. The van der Waals surface area contributed by atoms with Crippen LogP contribution in [0.25, 0.3) is 0 Å². The van der Waals surface area contributed by atoms with Gasteiger partial charge in [-0.05, 0) is 41.7 Å². The highest BCUT2D eigenvalue weighted by Crippen LogP contribution is 2.11. The molecule has 130 valence electrons. The first-order valence-electron chi connectivity index (χ1n) is 8.15. The average molecular weight is 334 g/mol. The molecule has 0 aliphatic carbocycles. The lowest BCUT2D eigenvalue weighted by Gasteiger charge is -2.19. The normalized spacial score (nSPS) is 13.7. The molecule has 2 aromatic carbocycles. The Labute approximate surface area is 141 Å². The van der Waals surface area contributed by atoms with Crippen LogP contribution in [-0.2, 0) is 19.4 Å². The van der Waals surface area contributed by atoms with Crippen LogP contribution < -0.4 is 11.1 Å². The molecule has 0 aliphatic heterocycles. The zero-order chi connectivity index (χ0) is 17.5. The van der Waals surface area contributed by atoms with Crippen molar-refractivity contribution in [3.63, 3.8) is 0 Å². The number of nitrogens with one attached hydrogen (secondary N) is 1. The molecule has 0 saturated carbocycles. The molecule has 0 bridgehead atoms. The van der Waals surface area contributed by atoms with E-state index in [2.05, 4.69) is 24.4 Å². The molecule has 2 unspecified atom stereocenters. The van der Waals surface area contributed by atoms with Crippen molar-refractivity contribution in [2.75, 3.05) is 6.54 Å². The summed E-state index contributed by atoms with van der Waals surface area (Å²) in [6.07, 6.45) is 0.389. The quantitative estimate of drug-likeness (QED) is 0.695. The van der Waals surface area contributed by atoms with Gasteiger partial charge in [0.2, 0.25) is 0 Å². The number of hydrogen-bond acceptors (Lipinski definition) is 3. The molecule has 0 aromatic heterocycles. The fourth-order valence-electron chi connectivity index (χ4n) is 2.61. The number of aliphatic hydroxyl groups is 1. The molecule has 0 fully saturated rings. The third-order valence-corrected chi connectivity index (χ3v) is 3.97. The van der Waals surface area contributed by atoms with Crippen LogP contribution in [0.1, 0.15) is 23.6 Å². The van der Waals surface area contributed by atoms with E-state index in [4.69, 9.17) is 5.73 Å². The molecule has 0 amide bonds. The minimum atomic E-state index is -0.800. The fourth-order valence-corrected chi connectivity index (χ4v) is 2.61. The predicted octanol–water partition coefficient (Wildman–Crippen LogP) is 2.55. The highest BCUT2D eigenvalue weighted by Gasteiger charge is 2.16. The van der Waals surface area contributed by atoms with E-state index in [1.165, 1.54) is 17.7 Å². The monoisotopic (exact) mass is 334 g/mol. The number of hydrogen-bond donors (Lipinski definition) is 3. The molecule has 0 heterocycles. The summed E-state index contributed by atoms with van der Waals surface area (Å²) in [7, 11) is 0. The number of aryl methyl sites for hydroxylation is 1. The minimum absolute atomic E-state index is 0.211. The van der Waals surface area contributed by atoms with E-state index in [1.807, 2.05) is 12.1 Å². The number of rotatable bonds is 8. The Balaban J connectivity index is 1.81. The smallest absolute Gasteiger partial charge is 0.126 e. The summed E-state index contributed by atoms with van der Waals surface area (Å²) in [5.41, 5.74) is 8.78. The van der Waals surface area contributed by atoms with Crippen LogP contribution >= 0.6 is 0 Å². The number of benzene rings is 2. The van der Waals surface area contributed by atoms with Crippen molar-refractivity contribution < 1.29 is 13.9 Å². The van der Waals surface area contributed by atoms with Gasteiger partial charge in [-0.3, -0.25) is 0 Å². The Hall–Kier alpha value is -1.82. The maximum Gasteiger partial charge on any atom is 0.126 e. The molecule has 0 spiro atoms. The minimum Gasteiger partial charge on any atom is -0.390 e. The molecule has 2 rings (SSSR count). The summed E-state index contributed by atoms with van der Waals surface area (Å²) in [5.74, 6) is -1.28. The van der Waals surface area contributed by atoms with Crippen LogP contribution in [-0.4, -0.2) is 23.8 Å². The van der Waals surface area contributed by atoms with Gasteiger partial charge in [-0.15, -0.1) is 0 Å². The van der Waals surface area contributed by atoms with Gasteiger partial charge >= 0.3 is 0 Å². The molecular weight excluding hydrogens is 310 g/mol. The molecule has 4 N–H and O–H groups in total. The zero-order valence-electron chi connectivity index (χ0n) is 13.8. The van der Waals surface area contributed by atoms with Gasteiger partial charge in [0.15, 0.2) is 0 Å². The second kappa shape index (κ2) is 8.87. The second-order valence-corrected chi connectivity index (χ2v) is 6.02. The van der Waals surface area contributed by atoms with E-state index in [0.717, 1.165) is 18.1 Å². The Bertz CT molecular complexity index is 643. The van der Waals surface area contributed by atoms with E-state index < -0.39 is 23.8 Å². The molecule has 3 nitrogen and oxygen atoms in total. The van der Waals surface area contributed by atoms with Gasteiger partial charge in [0.1, 0.15) is 11.6 Å². The molecule has 0 saturated heterocycles. The SMILES string of the molecule is CCc1cccc(CNCC(O)C(N)Cc2cc(F)cc(F)c2)c1. The van der Waals surface area contributed by atoms with Crippen LogP contribution in [0.2, 0.25) is 0 Å². The Morgan fingerprint density at radius 2 is 1.71 bits per heavy atom. The standard InChI is InChI=1S/C19H24F2N2O/c1-2-13-4-3-5-14(6-13)11-23-12-19(24)18(22)9-15-7-16(20)10-17(21)8-15/h3-8,10,18-19,23-24H,2,9,11-12,22H2,1H3. The van der Waals surface area contributed by atoms with Crippen molar-refractivity contribution in [3.05, 3.63) is 70.8 Å². The molecule has 2 atom stereocenters. The first kappa shape index (κ1) is 18.5. The topological polar surface area (TPSA) is 58.3 Å². The van der Waals surface area contributed by atoms with Crippen LogP contribution in [0.15, 0.2) is 42.5 Å². The van der Waals surface area contributed by atoms with Crippen molar-refractivity contribution in [2.24, 2.45) is 5.73 Å². The van der Waals surface area contributed by atoms with Crippen molar-refractivity contribution in [1.82, 2.24) is 5.32 Å². The fraction of sp³-hybridized carbons (Fsp3) is 0.368. The first-order chi connectivity index (χ1) is 11.5. The van der Waals surface area contributed by atoms with Gasteiger partial charge in [0.25, 0.3) is 0 Å². The Kier molecular flexibility index (Phi) is 6.85. The van der Waals surface area contributed by atoms with E-state index >= 15 is 0 Å². The van der Waals surface area contributed by atoms with Gasteiger partial charge in [-0.25, -0.2) is 8.78 Å². The highest BCUT2D eigenvalue weighted by atomic mass is 19.1. The Morgan fingerprint density at radius 1 is 1.04 bits per heavy atom. The number of halogens is 2. The van der Waals surface area contributed by atoms with Crippen LogP contribution in [0.5, 0.6) is 0 Å².